The molecule has 2 aromatic carbocycles. The van der Waals surface area contributed by atoms with E-state index in [0.717, 1.165) is 55.1 Å². The van der Waals surface area contributed by atoms with E-state index in [-0.39, 0.29) is 5.78 Å². The van der Waals surface area contributed by atoms with Gasteiger partial charge in [-0.1, -0.05) is 54.2 Å². The molecule has 0 saturated carbocycles. The molecular weight excluding hydrogens is 383 g/mol. The number of likely N-dealkylation sites (tertiary alicyclic amines) is 1. The van der Waals surface area contributed by atoms with Crippen LogP contribution in [-0.2, 0) is 11.0 Å². The Morgan fingerprint density at radius 2 is 1.64 bits per heavy atom. The number of rotatable bonds is 3. The molecule has 6 heteroatoms. The molecule has 0 aliphatic carbocycles. The molecule has 0 aromatic heterocycles. The van der Waals surface area contributed by atoms with Gasteiger partial charge in [-0.25, -0.2) is 0 Å². The standard InChI is InChI=1S/C22H20F3NOS/c23-22(24,25)17-11-7-10-16(14-17)18-19(27)20(15-8-3-1-4-9-15)28-21(18)26-12-5-2-6-13-26/h1,3-4,7-11,14,20H,2,5-6,12-13H2. The van der Waals surface area contributed by atoms with Crippen molar-refractivity contribution in [1.29, 1.82) is 0 Å². The minimum atomic E-state index is -4.44. The maximum atomic E-state index is 13.3. The van der Waals surface area contributed by atoms with Crippen LogP contribution in [0.2, 0.25) is 0 Å². The largest absolute Gasteiger partial charge is 0.416 e. The number of carbonyl (C=O) groups is 1. The zero-order valence-corrected chi connectivity index (χ0v) is 16.0. The second kappa shape index (κ2) is 7.66. The van der Waals surface area contributed by atoms with E-state index in [9.17, 15) is 18.0 Å². The van der Waals surface area contributed by atoms with Gasteiger partial charge in [0.05, 0.1) is 21.4 Å². The Hall–Kier alpha value is -2.21. The number of carbonyl (C=O) groups excluding carboxylic acids is 1. The van der Waals surface area contributed by atoms with Gasteiger partial charge in [-0.15, -0.1) is 0 Å². The summed E-state index contributed by atoms with van der Waals surface area (Å²) in [7, 11) is 0. The molecular formula is C22H20F3NOS. The third kappa shape index (κ3) is 3.70. The number of hydrogen-bond donors (Lipinski definition) is 0. The van der Waals surface area contributed by atoms with Crippen LogP contribution in [0.3, 0.4) is 0 Å². The monoisotopic (exact) mass is 403 g/mol. The van der Waals surface area contributed by atoms with Crippen molar-refractivity contribution in [2.75, 3.05) is 13.1 Å². The molecule has 28 heavy (non-hydrogen) atoms. The molecule has 1 atom stereocenters. The summed E-state index contributed by atoms with van der Waals surface area (Å²) in [5.41, 5.74) is 0.934. The van der Waals surface area contributed by atoms with E-state index in [0.29, 0.717) is 11.1 Å². The molecule has 1 fully saturated rings. The summed E-state index contributed by atoms with van der Waals surface area (Å²) in [6.07, 6.45) is -1.23. The van der Waals surface area contributed by atoms with Crippen molar-refractivity contribution in [3.05, 3.63) is 76.3 Å². The van der Waals surface area contributed by atoms with Crippen molar-refractivity contribution in [3.8, 4) is 0 Å². The highest BCUT2D eigenvalue weighted by atomic mass is 32.2. The number of nitrogens with zero attached hydrogens (tertiary/aromatic N) is 1. The summed E-state index contributed by atoms with van der Waals surface area (Å²) < 4.78 is 39.7. The van der Waals surface area contributed by atoms with Crippen LogP contribution >= 0.6 is 11.8 Å². The minimum absolute atomic E-state index is 0.115. The number of piperidine rings is 1. The molecule has 2 aromatic rings. The topological polar surface area (TPSA) is 20.3 Å². The molecule has 0 radical (unpaired) electrons. The average Bonchev–Trinajstić information content (AvgIpc) is 3.06. The first-order valence-corrected chi connectivity index (χ1v) is 10.3. The van der Waals surface area contributed by atoms with Gasteiger partial charge in [0, 0.05) is 13.1 Å². The Morgan fingerprint density at radius 3 is 2.32 bits per heavy atom. The van der Waals surface area contributed by atoms with E-state index in [2.05, 4.69) is 4.90 Å². The van der Waals surface area contributed by atoms with Crippen molar-refractivity contribution in [2.24, 2.45) is 0 Å². The summed E-state index contributed by atoms with van der Waals surface area (Å²) in [5, 5.41) is 0.403. The second-order valence-corrected chi connectivity index (χ2v) is 8.17. The number of alkyl halides is 3. The van der Waals surface area contributed by atoms with Gasteiger partial charge in [0.25, 0.3) is 0 Å². The van der Waals surface area contributed by atoms with Crippen LogP contribution < -0.4 is 0 Å². The van der Waals surface area contributed by atoms with E-state index in [1.807, 2.05) is 30.3 Å². The number of halogens is 3. The highest BCUT2D eigenvalue weighted by Crippen LogP contribution is 2.50. The molecule has 146 valence electrons. The SMILES string of the molecule is O=C1C(c2cccc(C(F)(F)F)c2)=C(N2CCCCC2)SC1c1ccccc1. The van der Waals surface area contributed by atoms with Crippen LogP contribution in [0.5, 0.6) is 0 Å². The zero-order valence-electron chi connectivity index (χ0n) is 15.2. The molecule has 2 aliphatic rings. The Morgan fingerprint density at radius 1 is 0.929 bits per heavy atom. The molecule has 1 saturated heterocycles. The summed E-state index contributed by atoms with van der Waals surface area (Å²) in [6.45, 7) is 1.67. The predicted octanol–water partition coefficient (Wildman–Crippen LogP) is 5.92. The maximum Gasteiger partial charge on any atom is 0.416 e. The lowest BCUT2D eigenvalue weighted by molar-refractivity contribution is -0.137. The summed E-state index contributed by atoms with van der Waals surface area (Å²) in [6, 6.07) is 14.6. The number of ketones is 1. The van der Waals surface area contributed by atoms with Gasteiger partial charge >= 0.3 is 6.18 Å². The van der Waals surface area contributed by atoms with Gasteiger partial charge < -0.3 is 4.90 Å². The Labute approximate surface area is 166 Å². The fourth-order valence-corrected chi connectivity index (χ4v) is 5.16. The highest BCUT2D eigenvalue weighted by molar-refractivity contribution is 8.04. The minimum Gasteiger partial charge on any atom is -0.366 e. The number of hydrogen-bond acceptors (Lipinski definition) is 3. The third-order valence-electron chi connectivity index (χ3n) is 5.15. The van der Waals surface area contributed by atoms with Crippen LogP contribution in [0, 0.1) is 0 Å². The molecule has 2 heterocycles. The predicted molar refractivity (Wildman–Crippen MR) is 106 cm³/mol. The van der Waals surface area contributed by atoms with Crippen molar-refractivity contribution < 1.29 is 18.0 Å². The van der Waals surface area contributed by atoms with Gasteiger partial charge in [-0.05, 0) is 42.5 Å². The Balaban J connectivity index is 1.78. The summed E-state index contributed by atoms with van der Waals surface area (Å²) >= 11 is 1.47. The lowest BCUT2D eigenvalue weighted by Crippen LogP contribution is -2.28. The smallest absolute Gasteiger partial charge is 0.366 e. The molecule has 0 spiro atoms. The Bertz CT molecular complexity index is 901. The van der Waals surface area contributed by atoms with Crippen LogP contribution in [0.15, 0.2) is 59.6 Å². The first kappa shape index (κ1) is 19.1. The summed E-state index contributed by atoms with van der Waals surface area (Å²) in [5.74, 6) is -0.115. The fourth-order valence-electron chi connectivity index (χ4n) is 3.75. The van der Waals surface area contributed by atoms with Crippen molar-refractivity contribution in [2.45, 2.75) is 30.7 Å². The molecule has 1 unspecified atom stereocenters. The Kier molecular flexibility index (Phi) is 5.23. The number of benzene rings is 2. The first-order valence-electron chi connectivity index (χ1n) is 9.38. The quantitative estimate of drug-likeness (QED) is 0.635. The van der Waals surface area contributed by atoms with Crippen molar-refractivity contribution in [1.82, 2.24) is 4.90 Å². The first-order chi connectivity index (χ1) is 13.4. The van der Waals surface area contributed by atoms with E-state index >= 15 is 0 Å². The van der Waals surface area contributed by atoms with Gasteiger partial charge in [-0.3, -0.25) is 4.79 Å². The number of thioether (sulfide) groups is 1. The van der Waals surface area contributed by atoms with Crippen LogP contribution in [0.25, 0.3) is 5.57 Å². The van der Waals surface area contributed by atoms with E-state index < -0.39 is 17.0 Å². The zero-order chi connectivity index (χ0) is 19.7. The molecule has 0 bridgehead atoms. The normalized spacial score (nSPS) is 20.8. The molecule has 2 nitrogen and oxygen atoms in total. The van der Waals surface area contributed by atoms with Gasteiger partial charge in [-0.2, -0.15) is 13.2 Å². The van der Waals surface area contributed by atoms with Crippen LogP contribution in [-0.4, -0.2) is 23.8 Å². The number of Topliss-reactive ketones (excluding diaryl/α,β-unsaturated/α-hetero) is 1. The molecule has 0 amide bonds. The summed E-state index contributed by atoms with van der Waals surface area (Å²) in [4.78, 5) is 15.5. The maximum absolute atomic E-state index is 13.3. The molecule has 4 rings (SSSR count). The number of allylic oxidation sites excluding steroid dienone is 1. The van der Waals surface area contributed by atoms with Gasteiger partial charge in [0.1, 0.15) is 0 Å². The van der Waals surface area contributed by atoms with Gasteiger partial charge in [0.15, 0.2) is 5.78 Å². The van der Waals surface area contributed by atoms with Crippen molar-refractivity contribution in [3.63, 3.8) is 0 Å². The lowest BCUT2D eigenvalue weighted by atomic mass is 9.95. The fraction of sp³-hybridized carbons (Fsp3) is 0.318. The average molecular weight is 403 g/mol. The highest BCUT2D eigenvalue weighted by Gasteiger charge is 2.39. The van der Waals surface area contributed by atoms with E-state index in [4.69, 9.17) is 0 Å². The van der Waals surface area contributed by atoms with E-state index in [1.54, 1.807) is 6.07 Å². The van der Waals surface area contributed by atoms with Gasteiger partial charge in [0.2, 0.25) is 0 Å². The third-order valence-corrected chi connectivity index (χ3v) is 6.56. The van der Waals surface area contributed by atoms with Crippen molar-refractivity contribution >= 4 is 23.1 Å². The van der Waals surface area contributed by atoms with Crippen LogP contribution in [0.4, 0.5) is 13.2 Å². The van der Waals surface area contributed by atoms with E-state index in [1.165, 1.54) is 17.8 Å². The molecule has 2 aliphatic heterocycles. The lowest BCUT2D eigenvalue weighted by Gasteiger charge is -2.30. The van der Waals surface area contributed by atoms with Crippen LogP contribution in [0.1, 0.15) is 41.2 Å². The second-order valence-electron chi connectivity index (χ2n) is 7.08. The molecule has 0 N–H and O–H groups in total.